The Labute approximate surface area is 149 Å². The zero-order valence-electron chi connectivity index (χ0n) is 14.2. The summed E-state index contributed by atoms with van der Waals surface area (Å²) in [7, 11) is 0. The molecule has 2 amide bonds. The van der Waals surface area contributed by atoms with Crippen molar-refractivity contribution in [3.8, 4) is 0 Å². The number of nitrogens with zero attached hydrogens (tertiary/aromatic N) is 2. The molecule has 1 aliphatic rings. The van der Waals surface area contributed by atoms with Crippen LogP contribution in [-0.2, 0) is 16.0 Å². The second kappa shape index (κ2) is 7.31. The predicted octanol–water partition coefficient (Wildman–Crippen LogP) is 3.07. The number of carbonyl (C=O) groups excluding carboxylic acids is 2. The number of hydrogen-bond donors (Lipinski definition) is 1. The SMILES string of the molecule is CC(C)N1CC(C(=O)Nc2ncc(Cc3cccc(F)c3)s2)CC1=O. The van der Waals surface area contributed by atoms with Crippen LogP contribution >= 0.6 is 11.3 Å². The molecule has 1 fully saturated rings. The first-order chi connectivity index (χ1) is 11.9. The molecule has 0 aliphatic carbocycles. The summed E-state index contributed by atoms with van der Waals surface area (Å²) in [5.41, 5.74) is 0.857. The summed E-state index contributed by atoms with van der Waals surface area (Å²) in [5.74, 6) is -0.772. The third-order valence-corrected chi connectivity index (χ3v) is 5.12. The minimum Gasteiger partial charge on any atom is -0.339 e. The molecule has 25 heavy (non-hydrogen) atoms. The van der Waals surface area contributed by atoms with Crippen molar-refractivity contribution < 1.29 is 14.0 Å². The Morgan fingerprint density at radius 2 is 2.28 bits per heavy atom. The molecule has 1 saturated heterocycles. The molecule has 1 atom stereocenters. The standard InChI is InChI=1S/C18H20FN3O2S/c1-11(2)22-10-13(8-16(22)23)17(24)21-18-20-9-15(25-18)7-12-4-3-5-14(19)6-12/h3-6,9,11,13H,7-8,10H2,1-2H3,(H,20,21,24). The number of amides is 2. The van der Waals surface area contributed by atoms with Crippen LogP contribution < -0.4 is 5.32 Å². The van der Waals surface area contributed by atoms with E-state index < -0.39 is 0 Å². The van der Waals surface area contributed by atoms with Crippen LogP contribution in [0.5, 0.6) is 0 Å². The molecular weight excluding hydrogens is 341 g/mol. The lowest BCUT2D eigenvalue weighted by Crippen LogP contribution is -2.33. The maximum absolute atomic E-state index is 13.2. The second-order valence-corrected chi connectivity index (χ2v) is 7.58. The van der Waals surface area contributed by atoms with Crippen LogP contribution in [0.4, 0.5) is 9.52 Å². The average Bonchev–Trinajstić information content (AvgIpc) is 3.14. The highest BCUT2D eigenvalue weighted by molar-refractivity contribution is 7.15. The lowest BCUT2D eigenvalue weighted by molar-refractivity contribution is -0.129. The highest BCUT2D eigenvalue weighted by Gasteiger charge is 2.35. The Hall–Kier alpha value is -2.28. The number of likely N-dealkylation sites (tertiary alicyclic amines) is 1. The van der Waals surface area contributed by atoms with Gasteiger partial charge < -0.3 is 10.2 Å². The highest BCUT2D eigenvalue weighted by Crippen LogP contribution is 2.25. The predicted molar refractivity (Wildman–Crippen MR) is 94.9 cm³/mol. The van der Waals surface area contributed by atoms with E-state index in [2.05, 4.69) is 10.3 Å². The molecule has 1 aliphatic heterocycles. The van der Waals surface area contributed by atoms with E-state index in [9.17, 15) is 14.0 Å². The summed E-state index contributed by atoms with van der Waals surface area (Å²) in [6.45, 7) is 4.33. The quantitative estimate of drug-likeness (QED) is 0.890. The third kappa shape index (κ3) is 4.22. The average molecular weight is 361 g/mol. The molecule has 5 nitrogen and oxygen atoms in total. The number of thiazole rings is 1. The van der Waals surface area contributed by atoms with E-state index in [1.807, 2.05) is 19.9 Å². The van der Waals surface area contributed by atoms with Crippen LogP contribution in [0.25, 0.3) is 0 Å². The molecule has 1 N–H and O–H groups in total. The second-order valence-electron chi connectivity index (χ2n) is 6.47. The van der Waals surface area contributed by atoms with E-state index in [0.29, 0.717) is 18.1 Å². The van der Waals surface area contributed by atoms with Gasteiger partial charge in [0.05, 0.1) is 5.92 Å². The van der Waals surface area contributed by atoms with Gasteiger partial charge in [0.25, 0.3) is 0 Å². The normalized spacial score (nSPS) is 17.4. The molecule has 0 radical (unpaired) electrons. The smallest absolute Gasteiger partial charge is 0.231 e. The molecular formula is C18H20FN3O2S. The molecule has 2 heterocycles. The maximum Gasteiger partial charge on any atom is 0.231 e. The van der Waals surface area contributed by atoms with Crippen LogP contribution in [0.2, 0.25) is 0 Å². The molecule has 1 aromatic carbocycles. The summed E-state index contributed by atoms with van der Waals surface area (Å²) in [4.78, 5) is 31.2. The van der Waals surface area contributed by atoms with Crippen molar-refractivity contribution in [3.63, 3.8) is 0 Å². The van der Waals surface area contributed by atoms with Crippen LogP contribution in [0.3, 0.4) is 0 Å². The summed E-state index contributed by atoms with van der Waals surface area (Å²) >= 11 is 1.36. The number of benzene rings is 1. The van der Waals surface area contributed by atoms with Gasteiger partial charge in [-0.1, -0.05) is 12.1 Å². The summed E-state index contributed by atoms with van der Waals surface area (Å²) in [5, 5.41) is 3.30. The van der Waals surface area contributed by atoms with Gasteiger partial charge in [-0.15, -0.1) is 11.3 Å². The zero-order chi connectivity index (χ0) is 18.0. The van der Waals surface area contributed by atoms with E-state index >= 15 is 0 Å². The third-order valence-electron chi connectivity index (χ3n) is 4.20. The van der Waals surface area contributed by atoms with Crippen LogP contribution in [-0.4, -0.2) is 34.3 Å². The Balaban J connectivity index is 1.60. The number of carbonyl (C=O) groups is 2. The first-order valence-electron chi connectivity index (χ1n) is 8.22. The molecule has 2 aromatic rings. The molecule has 3 rings (SSSR count). The molecule has 0 bridgehead atoms. The number of hydrogen-bond acceptors (Lipinski definition) is 4. The Morgan fingerprint density at radius 1 is 1.48 bits per heavy atom. The molecule has 1 aromatic heterocycles. The first kappa shape index (κ1) is 17.5. The van der Waals surface area contributed by atoms with Gasteiger partial charge in [-0.2, -0.15) is 0 Å². The lowest BCUT2D eigenvalue weighted by atomic mass is 10.1. The van der Waals surface area contributed by atoms with Gasteiger partial charge in [-0.05, 0) is 31.5 Å². The number of halogens is 1. The summed E-state index contributed by atoms with van der Waals surface area (Å²) in [6, 6.07) is 6.52. The lowest BCUT2D eigenvalue weighted by Gasteiger charge is -2.20. The van der Waals surface area contributed by atoms with Crippen molar-refractivity contribution in [2.24, 2.45) is 5.92 Å². The van der Waals surface area contributed by atoms with Gasteiger partial charge >= 0.3 is 0 Å². The van der Waals surface area contributed by atoms with E-state index in [4.69, 9.17) is 0 Å². The fourth-order valence-corrected chi connectivity index (χ4v) is 3.76. The summed E-state index contributed by atoms with van der Waals surface area (Å²) in [6.07, 6.45) is 2.49. The van der Waals surface area contributed by atoms with Crippen molar-refractivity contribution in [2.75, 3.05) is 11.9 Å². The van der Waals surface area contributed by atoms with E-state index in [1.165, 1.54) is 23.5 Å². The first-order valence-corrected chi connectivity index (χ1v) is 9.03. The molecule has 7 heteroatoms. The monoisotopic (exact) mass is 361 g/mol. The van der Waals surface area contributed by atoms with Crippen molar-refractivity contribution in [1.82, 2.24) is 9.88 Å². The molecule has 0 saturated carbocycles. The highest BCUT2D eigenvalue weighted by atomic mass is 32.1. The fourth-order valence-electron chi connectivity index (χ4n) is 2.91. The fraction of sp³-hybridized carbons (Fsp3) is 0.389. The molecule has 1 unspecified atom stereocenters. The van der Waals surface area contributed by atoms with E-state index in [0.717, 1.165) is 10.4 Å². The van der Waals surface area contributed by atoms with Gasteiger partial charge in [-0.25, -0.2) is 9.37 Å². The van der Waals surface area contributed by atoms with Gasteiger partial charge in [0, 0.05) is 36.5 Å². The van der Waals surface area contributed by atoms with Crippen molar-refractivity contribution in [3.05, 3.63) is 46.7 Å². The van der Waals surface area contributed by atoms with Gasteiger partial charge in [0.15, 0.2) is 5.13 Å². The molecule has 0 spiro atoms. The van der Waals surface area contributed by atoms with Crippen molar-refractivity contribution in [2.45, 2.75) is 32.7 Å². The van der Waals surface area contributed by atoms with Gasteiger partial charge in [0.2, 0.25) is 11.8 Å². The minimum absolute atomic E-state index is 0.0149. The number of nitrogens with one attached hydrogen (secondary N) is 1. The number of anilines is 1. The van der Waals surface area contributed by atoms with Crippen molar-refractivity contribution >= 4 is 28.3 Å². The number of aromatic nitrogens is 1. The maximum atomic E-state index is 13.2. The minimum atomic E-state index is -0.342. The van der Waals surface area contributed by atoms with E-state index in [1.54, 1.807) is 17.2 Å². The molecule has 132 valence electrons. The van der Waals surface area contributed by atoms with Crippen LogP contribution in [0.15, 0.2) is 30.5 Å². The Kier molecular flexibility index (Phi) is 5.13. The van der Waals surface area contributed by atoms with E-state index in [-0.39, 0.29) is 36.0 Å². The topological polar surface area (TPSA) is 62.3 Å². The largest absolute Gasteiger partial charge is 0.339 e. The zero-order valence-corrected chi connectivity index (χ0v) is 15.0. The van der Waals surface area contributed by atoms with Gasteiger partial charge in [0.1, 0.15) is 5.82 Å². The van der Waals surface area contributed by atoms with Crippen LogP contribution in [0, 0.1) is 11.7 Å². The Morgan fingerprint density at radius 3 is 2.96 bits per heavy atom. The van der Waals surface area contributed by atoms with Gasteiger partial charge in [-0.3, -0.25) is 9.59 Å². The Bertz CT molecular complexity index is 790. The van der Waals surface area contributed by atoms with Crippen molar-refractivity contribution in [1.29, 1.82) is 0 Å². The summed E-state index contributed by atoms with van der Waals surface area (Å²) < 4.78 is 13.2. The number of rotatable bonds is 5. The van der Waals surface area contributed by atoms with Crippen LogP contribution in [0.1, 0.15) is 30.7 Å².